The molecule has 6 heteroatoms. The smallest absolute Gasteiger partial charge is 0.219 e. The lowest BCUT2D eigenvalue weighted by Gasteiger charge is -2.28. The maximum atomic E-state index is 12.4. The van der Waals surface area contributed by atoms with Gasteiger partial charge in [0.1, 0.15) is 0 Å². The van der Waals surface area contributed by atoms with E-state index < -0.39 is 10.0 Å². The zero-order valence-corrected chi connectivity index (χ0v) is 11.2. The molecule has 0 aliphatic carbocycles. The summed E-state index contributed by atoms with van der Waals surface area (Å²) in [6, 6.07) is 0. The van der Waals surface area contributed by atoms with Gasteiger partial charge in [0.15, 0.2) is 0 Å². The van der Waals surface area contributed by atoms with Crippen molar-refractivity contribution in [2.75, 3.05) is 32.8 Å². The first-order valence-electron chi connectivity index (χ1n) is 6.25. The first-order valence-corrected chi connectivity index (χ1v) is 7.75. The molecule has 0 bridgehead atoms. The van der Waals surface area contributed by atoms with Crippen LogP contribution in [-0.4, -0.2) is 50.8 Å². The molecule has 2 atom stereocenters. The summed E-state index contributed by atoms with van der Waals surface area (Å²) in [7, 11) is -3.19. The molecule has 2 heterocycles. The minimum Gasteiger partial charge on any atom is -0.380 e. The van der Waals surface area contributed by atoms with Gasteiger partial charge in [-0.05, 0) is 31.2 Å². The van der Waals surface area contributed by atoms with Gasteiger partial charge in [0.05, 0.1) is 11.9 Å². The summed E-state index contributed by atoms with van der Waals surface area (Å²) < 4.78 is 31.7. The predicted octanol–water partition coefficient (Wildman–Crippen LogP) is 0.166. The summed E-state index contributed by atoms with van der Waals surface area (Å²) in [6.07, 6.45) is 2.42. The van der Waals surface area contributed by atoms with Crippen LogP contribution < -0.4 is 5.73 Å². The average molecular weight is 262 g/mol. The molecule has 100 valence electrons. The summed E-state index contributed by atoms with van der Waals surface area (Å²) in [6.45, 7) is 4.79. The van der Waals surface area contributed by atoms with Crippen LogP contribution in [0.25, 0.3) is 0 Å². The van der Waals surface area contributed by atoms with E-state index in [4.69, 9.17) is 10.5 Å². The van der Waals surface area contributed by atoms with Gasteiger partial charge in [-0.2, -0.15) is 0 Å². The quantitative estimate of drug-likeness (QED) is 0.786. The molecule has 2 N–H and O–H groups in total. The minimum atomic E-state index is -3.19. The van der Waals surface area contributed by atoms with Gasteiger partial charge < -0.3 is 10.5 Å². The lowest BCUT2D eigenvalue weighted by atomic mass is 9.90. The number of hydrogen-bond donors (Lipinski definition) is 1. The van der Waals surface area contributed by atoms with E-state index in [1.165, 1.54) is 0 Å². The Labute approximate surface area is 103 Å². The second kappa shape index (κ2) is 4.84. The van der Waals surface area contributed by atoms with E-state index in [1.54, 1.807) is 4.31 Å². The van der Waals surface area contributed by atoms with Crippen LogP contribution in [0.4, 0.5) is 0 Å². The van der Waals surface area contributed by atoms with Crippen molar-refractivity contribution in [3.05, 3.63) is 0 Å². The Morgan fingerprint density at radius 3 is 2.82 bits per heavy atom. The van der Waals surface area contributed by atoms with Crippen molar-refractivity contribution in [2.24, 2.45) is 11.1 Å². The van der Waals surface area contributed by atoms with Gasteiger partial charge in [-0.1, -0.05) is 6.92 Å². The van der Waals surface area contributed by atoms with Gasteiger partial charge in [-0.3, -0.25) is 0 Å². The Hall–Kier alpha value is -0.170. The molecule has 2 fully saturated rings. The molecule has 5 nitrogen and oxygen atoms in total. The SMILES string of the molecule is CC1(CN)CCN(S(=O)(=O)C2CCCOC2)C1. The third-order valence-corrected chi connectivity index (χ3v) is 6.16. The highest BCUT2D eigenvalue weighted by atomic mass is 32.2. The van der Waals surface area contributed by atoms with Gasteiger partial charge in [-0.25, -0.2) is 12.7 Å². The Balaban J connectivity index is 2.06. The molecule has 0 aromatic carbocycles. The Bertz CT molecular complexity index is 365. The van der Waals surface area contributed by atoms with Crippen LogP contribution in [0.1, 0.15) is 26.2 Å². The molecule has 2 unspecified atom stereocenters. The molecule has 2 aliphatic heterocycles. The number of hydrogen-bond acceptors (Lipinski definition) is 4. The monoisotopic (exact) mass is 262 g/mol. The van der Waals surface area contributed by atoms with E-state index in [0.29, 0.717) is 32.8 Å². The van der Waals surface area contributed by atoms with Gasteiger partial charge in [0.2, 0.25) is 10.0 Å². The third kappa shape index (κ3) is 2.65. The topological polar surface area (TPSA) is 72.6 Å². The standard InChI is InChI=1S/C11H22N2O3S/c1-11(8-12)4-5-13(9-11)17(14,15)10-3-2-6-16-7-10/h10H,2-9,12H2,1H3. The van der Waals surface area contributed by atoms with Crippen LogP contribution in [-0.2, 0) is 14.8 Å². The van der Waals surface area contributed by atoms with Crippen molar-refractivity contribution < 1.29 is 13.2 Å². The summed E-state index contributed by atoms with van der Waals surface area (Å²) in [4.78, 5) is 0. The largest absolute Gasteiger partial charge is 0.380 e. The van der Waals surface area contributed by atoms with Crippen molar-refractivity contribution in [3.8, 4) is 0 Å². The molecule has 0 spiro atoms. The molecule has 2 aliphatic rings. The molecule has 17 heavy (non-hydrogen) atoms. The van der Waals surface area contributed by atoms with E-state index in [0.717, 1.165) is 19.3 Å². The lowest BCUT2D eigenvalue weighted by Crippen LogP contribution is -2.43. The van der Waals surface area contributed by atoms with Crippen molar-refractivity contribution >= 4 is 10.0 Å². The number of nitrogens with two attached hydrogens (primary N) is 1. The Morgan fingerprint density at radius 2 is 2.29 bits per heavy atom. The van der Waals surface area contributed by atoms with Crippen molar-refractivity contribution in [3.63, 3.8) is 0 Å². The van der Waals surface area contributed by atoms with Crippen molar-refractivity contribution in [1.82, 2.24) is 4.31 Å². The molecule has 2 rings (SSSR count). The van der Waals surface area contributed by atoms with Crippen LogP contribution in [0.15, 0.2) is 0 Å². The number of ether oxygens (including phenoxy) is 1. The van der Waals surface area contributed by atoms with E-state index in [-0.39, 0.29) is 10.7 Å². The summed E-state index contributed by atoms with van der Waals surface area (Å²) >= 11 is 0. The van der Waals surface area contributed by atoms with Crippen LogP contribution in [0, 0.1) is 5.41 Å². The number of rotatable bonds is 3. The molecule has 0 aromatic rings. The normalized spacial score (nSPS) is 36.2. The molecule has 0 amide bonds. The van der Waals surface area contributed by atoms with E-state index in [2.05, 4.69) is 6.92 Å². The fraction of sp³-hybridized carbons (Fsp3) is 1.00. The first kappa shape index (κ1) is 13.3. The fourth-order valence-corrected chi connectivity index (χ4v) is 4.51. The van der Waals surface area contributed by atoms with Crippen LogP contribution >= 0.6 is 0 Å². The average Bonchev–Trinajstić information content (AvgIpc) is 2.75. The predicted molar refractivity (Wildman–Crippen MR) is 66.1 cm³/mol. The second-order valence-corrected chi connectivity index (χ2v) is 7.70. The zero-order valence-electron chi connectivity index (χ0n) is 10.4. The van der Waals surface area contributed by atoms with Crippen molar-refractivity contribution in [2.45, 2.75) is 31.4 Å². The maximum Gasteiger partial charge on any atom is 0.219 e. The van der Waals surface area contributed by atoms with Crippen LogP contribution in [0.3, 0.4) is 0 Å². The summed E-state index contributed by atoms with van der Waals surface area (Å²) in [5.41, 5.74) is 5.65. The number of nitrogens with zero attached hydrogens (tertiary/aromatic N) is 1. The minimum absolute atomic E-state index is 0.0530. The first-order chi connectivity index (χ1) is 7.98. The third-order valence-electron chi connectivity index (χ3n) is 3.92. The maximum absolute atomic E-state index is 12.4. The fourth-order valence-electron chi connectivity index (χ4n) is 2.52. The molecular formula is C11H22N2O3S. The highest BCUT2D eigenvalue weighted by Crippen LogP contribution is 2.32. The highest BCUT2D eigenvalue weighted by molar-refractivity contribution is 7.89. The van der Waals surface area contributed by atoms with E-state index >= 15 is 0 Å². The Kier molecular flexibility index (Phi) is 3.77. The van der Waals surface area contributed by atoms with Gasteiger partial charge in [0, 0.05) is 19.7 Å². The van der Waals surface area contributed by atoms with E-state index in [9.17, 15) is 8.42 Å². The molecule has 0 saturated carbocycles. The summed E-state index contributed by atoms with van der Waals surface area (Å²) in [5, 5.41) is -0.351. The Morgan fingerprint density at radius 1 is 1.53 bits per heavy atom. The van der Waals surface area contributed by atoms with Gasteiger partial charge >= 0.3 is 0 Å². The highest BCUT2D eigenvalue weighted by Gasteiger charge is 2.41. The second-order valence-electron chi connectivity index (χ2n) is 5.48. The van der Waals surface area contributed by atoms with Gasteiger partial charge in [-0.15, -0.1) is 0 Å². The van der Waals surface area contributed by atoms with Crippen LogP contribution in [0.2, 0.25) is 0 Å². The molecular weight excluding hydrogens is 240 g/mol. The number of sulfonamides is 1. The molecule has 0 aromatic heterocycles. The van der Waals surface area contributed by atoms with Crippen LogP contribution in [0.5, 0.6) is 0 Å². The summed E-state index contributed by atoms with van der Waals surface area (Å²) in [5.74, 6) is 0. The van der Waals surface area contributed by atoms with Gasteiger partial charge in [0.25, 0.3) is 0 Å². The molecule has 0 radical (unpaired) electrons. The zero-order chi connectivity index (χ0) is 12.5. The lowest BCUT2D eigenvalue weighted by molar-refractivity contribution is 0.0976. The van der Waals surface area contributed by atoms with Crippen molar-refractivity contribution in [1.29, 1.82) is 0 Å². The molecule has 2 saturated heterocycles. The van der Waals surface area contributed by atoms with E-state index in [1.807, 2.05) is 0 Å².